The van der Waals surface area contributed by atoms with Crippen LogP contribution in [0.1, 0.15) is 49.0 Å². The number of hydrogen-bond donors (Lipinski definition) is 2. The van der Waals surface area contributed by atoms with Gasteiger partial charge in [-0.15, -0.1) is 0 Å². The van der Waals surface area contributed by atoms with Gasteiger partial charge in [-0.3, -0.25) is 9.89 Å². The summed E-state index contributed by atoms with van der Waals surface area (Å²) in [5.41, 5.74) is 2.18. The van der Waals surface area contributed by atoms with Crippen molar-refractivity contribution in [3.63, 3.8) is 0 Å². The molecule has 27 heavy (non-hydrogen) atoms. The van der Waals surface area contributed by atoms with Crippen LogP contribution in [0.5, 0.6) is 11.5 Å². The molecule has 0 saturated heterocycles. The molecule has 6 heteroatoms. The van der Waals surface area contributed by atoms with Gasteiger partial charge in [0, 0.05) is 11.1 Å². The average molecular weight is 365 g/mol. The first-order valence-electron chi connectivity index (χ1n) is 9.94. The lowest BCUT2D eigenvalue weighted by molar-refractivity contribution is -0.0167. The number of H-pyrrole nitrogens is 1. The predicted molar refractivity (Wildman–Crippen MR) is 98.5 cm³/mol. The van der Waals surface area contributed by atoms with E-state index in [0.717, 1.165) is 59.8 Å². The fourth-order valence-corrected chi connectivity index (χ4v) is 6.21. The lowest BCUT2D eigenvalue weighted by Crippen LogP contribution is -2.59. The summed E-state index contributed by atoms with van der Waals surface area (Å²) in [5, 5.41) is 10.7. The molecule has 2 N–H and O–H groups in total. The number of hydrogen-bond acceptors (Lipinski definition) is 4. The van der Waals surface area contributed by atoms with E-state index in [1.165, 1.54) is 19.3 Å². The van der Waals surface area contributed by atoms with Gasteiger partial charge in [0.1, 0.15) is 5.69 Å². The molecule has 0 unspecified atom stereocenters. The van der Waals surface area contributed by atoms with Crippen molar-refractivity contribution in [2.75, 3.05) is 6.79 Å². The van der Waals surface area contributed by atoms with Crippen molar-refractivity contribution in [1.82, 2.24) is 15.5 Å². The third kappa shape index (κ3) is 2.53. The van der Waals surface area contributed by atoms with Gasteiger partial charge < -0.3 is 14.8 Å². The fourth-order valence-electron chi connectivity index (χ4n) is 6.21. The van der Waals surface area contributed by atoms with Crippen LogP contribution in [0, 0.1) is 17.8 Å². The van der Waals surface area contributed by atoms with Crippen molar-refractivity contribution in [1.29, 1.82) is 0 Å². The molecular weight excluding hydrogens is 342 g/mol. The molecular formula is C21H23N3O3. The Bertz CT molecular complexity index is 884. The second-order valence-electron chi connectivity index (χ2n) is 8.89. The van der Waals surface area contributed by atoms with E-state index in [-0.39, 0.29) is 18.2 Å². The van der Waals surface area contributed by atoms with Gasteiger partial charge in [-0.2, -0.15) is 5.10 Å². The number of carbonyl (C=O) groups excluding carboxylic acids is 1. The summed E-state index contributed by atoms with van der Waals surface area (Å²) in [4.78, 5) is 12.9. The minimum atomic E-state index is -0.0311. The highest BCUT2D eigenvalue weighted by atomic mass is 16.7. The average Bonchev–Trinajstić information content (AvgIpc) is 3.29. The van der Waals surface area contributed by atoms with E-state index < -0.39 is 0 Å². The summed E-state index contributed by atoms with van der Waals surface area (Å²) in [6, 6.07) is 7.54. The smallest absolute Gasteiger partial charge is 0.269 e. The second kappa shape index (κ2) is 5.50. The molecule has 1 aromatic heterocycles. The number of aromatic nitrogens is 2. The minimum absolute atomic E-state index is 0.00978. The number of amides is 1. The molecule has 2 aromatic rings. The predicted octanol–water partition coefficient (Wildman–Crippen LogP) is 3.50. The first-order chi connectivity index (χ1) is 13.2. The van der Waals surface area contributed by atoms with Crippen LogP contribution in [0.4, 0.5) is 0 Å². The number of ether oxygens (including phenoxy) is 2. The summed E-state index contributed by atoms with van der Waals surface area (Å²) in [6.07, 6.45) is 7.55. The molecule has 0 radical (unpaired) electrons. The molecule has 4 bridgehead atoms. The molecule has 2 heterocycles. The Morgan fingerprint density at radius 3 is 2.48 bits per heavy atom. The Labute approximate surface area is 157 Å². The highest BCUT2D eigenvalue weighted by Gasteiger charge is 2.51. The lowest BCUT2D eigenvalue weighted by atomic mass is 9.53. The van der Waals surface area contributed by atoms with Gasteiger partial charge in [0.25, 0.3) is 5.91 Å². The highest BCUT2D eigenvalue weighted by Crippen LogP contribution is 2.55. The topological polar surface area (TPSA) is 76.2 Å². The van der Waals surface area contributed by atoms with Crippen LogP contribution >= 0.6 is 0 Å². The largest absolute Gasteiger partial charge is 0.454 e. The standard InChI is InChI=1S/C21H23N3O3/c25-20(22-21-8-12-3-13(9-21)5-14(4-12)10-21)17-7-16(23-24-17)15-1-2-18-19(6-15)27-11-26-18/h1-2,6-7,12-14H,3-5,8-11H2,(H,22,25)(H,23,24). The Morgan fingerprint density at radius 1 is 1.04 bits per heavy atom. The Kier molecular flexibility index (Phi) is 3.17. The fraction of sp³-hybridized carbons (Fsp3) is 0.524. The molecule has 0 spiro atoms. The van der Waals surface area contributed by atoms with Crippen LogP contribution in [0.3, 0.4) is 0 Å². The van der Waals surface area contributed by atoms with Gasteiger partial charge >= 0.3 is 0 Å². The summed E-state index contributed by atoms with van der Waals surface area (Å²) < 4.78 is 10.8. The zero-order chi connectivity index (χ0) is 18.0. The highest BCUT2D eigenvalue weighted by molar-refractivity contribution is 5.94. The zero-order valence-electron chi connectivity index (χ0n) is 15.2. The van der Waals surface area contributed by atoms with Crippen molar-refractivity contribution in [3.8, 4) is 22.8 Å². The van der Waals surface area contributed by atoms with E-state index in [9.17, 15) is 4.79 Å². The van der Waals surface area contributed by atoms with Crippen LogP contribution in [0.2, 0.25) is 0 Å². The molecule has 5 aliphatic rings. The Morgan fingerprint density at radius 2 is 1.74 bits per heavy atom. The summed E-state index contributed by atoms with van der Waals surface area (Å²) in [5.74, 6) is 3.85. The number of benzene rings is 1. The van der Waals surface area contributed by atoms with Gasteiger partial charge in [-0.25, -0.2) is 0 Å². The van der Waals surface area contributed by atoms with Crippen molar-refractivity contribution in [3.05, 3.63) is 30.0 Å². The Balaban J connectivity index is 1.22. The van der Waals surface area contributed by atoms with Crippen molar-refractivity contribution < 1.29 is 14.3 Å². The molecule has 140 valence electrons. The molecule has 4 aliphatic carbocycles. The van der Waals surface area contributed by atoms with E-state index in [0.29, 0.717) is 5.69 Å². The first kappa shape index (κ1) is 15.5. The number of rotatable bonds is 3. The third-order valence-corrected chi connectivity index (χ3v) is 6.91. The molecule has 1 aromatic carbocycles. The maximum absolute atomic E-state index is 12.9. The van der Waals surface area contributed by atoms with Gasteiger partial charge in [-0.05, 0) is 80.5 Å². The first-order valence-corrected chi connectivity index (χ1v) is 9.94. The molecule has 7 rings (SSSR count). The zero-order valence-corrected chi connectivity index (χ0v) is 15.2. The normalized spacial score (nSPS) is 32.7. The summed E-state index contributed by atoms with van der Waals surface area (Å²) >= 11 is 0. The lowest BCUT2D eigenvalue weighted by Gasteiger charge is -2.56. The number of carbonyl (C=O) groups is 1. The maximum Gasteiger partial charge on any atom is 0.269 e. The molecule has 4 fully saturated rings. The van der Waals surface area contributed by atoms with E-state index in [1.54, 1.807) is 0 Å². The summed E-state index contributed by atoms with van der Waals surface area (Å²) in [7, 11) is 0. The van der Waals surface area contributed by atoms with Crippen LogP contribution in [-0.4, -0.2) is 28.4 Å². The third-order valence-electron chi connectivity index (χ3n) is 6.91. The van der Waals surface area contributed by atoms with Gasteiger partial charge in [0.2, 0.25) is 6.79 Å². The maximum atomic E-state index is 12.9. The van der Waals surface area contributed by atoms with Crippen molar-refractivity contribution >= 4 is 5.91 Å². The second-order valence-corrected chi connectivity index (χ2v) is 8.89. The molecule has 1 aliphatic heterocycles. The van der Waals surface area contributed by atoms with E-state index >= 15 is 0 Å². The van der Waals surface area contributed by atoms with Crippen LogP contribution in [-0.2, 0) is 0 Å². The van der Waals surface area contributed by atoms with Crippen molar-refractivity contribution in [2.24, 2.45) is 17.8 Å². The molecule has 4 saturated carbocycles. The molecule has 6 nitrogen and oxygen atoms in total. The number of aromatic amines is 1. The molecule has 0 atom stereocenters. The Hall–Kier alpha value is -2.50. The number of fused-ring (bicyclic) bond motifs is 1. The van der Waals surface area contributed by atoms with Crippen LogP contribution < -0.4 is 14.8 Å². The minimum Gasteiger partial charge on any atom is -0.454 e. The summed E-state index contributed by atoms with van der Waals surface area (Å²) in [6.45, 7) is 0.248. The quantitative estimate of drug-likeness (QED) is 0.873. The molecule has 1 amide bonds. The number of nitrogens with zero attached hydrogens (tertiary/aromatic N) is 1. The number of nitrogens with one attached hydrogen (secondary N) is 2. The van der Waals surface area contributed by atoms with Crippen molar-refractivity contribution in [2.45, 2.75) is 44.1 Å². The monoisotopic (exact) mass is 365 g/mol. The van der Waals surface area contributed by atoms with Gasteiger partial charge in [0.05, 0.1) is 5.69 Å². The SMILES string of the molecule is O=C(NC12CC3CC(CC(C3)C1)C2)c1cc(-c2ccc3c(c2)OCO3)n[nH]1. The van der Waals surface area contributed by atoms with E-state index in [1.807, 2.05) is 24.3 Å². The van der Waals surface area contributed by atoms with E-state index in [4.69, 9.17) is 9.47 Å². The van der Waals surface area contributed by atoms with Crippen LogP contribution in [0.25, 0.3) is 11.3 Å². The van der Waals surface area contributed by atoms with Crippen LogP contribution in [0.15, 0.2) is 24.3 Å². The van der Waals surface area contributed by atoms with Gasteiger partial charge in [0.15, 0.2) is 11.5 Å². The van der Waals surface area contributed by atoms with E-state index in [2.05, 4.69) is 15.5 Å². The van der Waals surface area contributed by atoms with Gasteiger partial charge in [-0.1, -0.05) is 0 Å².